The van der Waals surface area contributed by atoms with Crippen molar-refractivity contribution in [1.82, 2.24) is 15.5 Å². The number of aromatic nitrogens is 2. The van der Waals surface area contributed by atoms with Crippen LogP contribution in [0.2, 0.25) is 0 Å². The van der Waals surface area contributed by atoms with Gasteiger partial charge < -0.3 is 10.6 Å². The molecule has 0 spiro atoms. The van der Waals surface area contributed by atoms with Gasteiger partial charge in [0.2, 0.25) is 0 Å². The number of anilines is 1. The number of hydrogen-bond acceptors (Lipinski definition) is 5. The van der Waals surface area contributed by atoms with Gasteiger partial charge in [-0.3, -0.25) is 20.0 Å². The zero-order valence-corrected chi connectivity index (χ0v) is 11.6. The van der Waals surface area contributed by atoms with E-state index in [0.717, 1.165) is 11.3 Å². The van der Waals surface area contributed by atoms with E-state index < -0.39 is 10.8 Å². The summed E-state index contributed by atoms with van der Waals surface area (Å²) in [4.78, 5) is 22.8. The van der Waals surface area contributed by atoms with Gasteiger partial charge in [0, 0.05) is 24.8 Å². The summed E-state index contributed by atoms with van der Waals surface area (Å²) in [6.45, 7) is 2.08. The van der Waals surface area contributed by atoms with Crippen LogP contribution in [0.25, 0.3) is 0 Å². The second kappa shape index (κ2) is 6.04. The summed E-state index contributed by atoms with van der Waals surface area (Å²) < 4.78 is 0. The van der Waals surface area contributed by atoms with Crippen LogP contribution in [0.5, 0.6) is 0 Å². The molecule has 2 rings (SSSR count). The fourth-order valence-corrected chi connectivity index (χ4v) is 1.95. The van der Waals surface area contributed by atoms with Crippen LogP contribution in [-0.2, 0) is 6.54 Å². The molecule has 110 valence electrons. The quantitative estimate of drug-likeness (QED) is 0.571. The van der Waals surface area contributed by atoms with Crippen LogP contribution in [0.4, 0.5) is 11.4 Å². The molecule has 0 saturated carbocycles. The SMILES string of the molecule is CNc1cccc(C(=O)NCc2cn[nH]c2C)c1[N+](=O)[O-]. The Bertz CT molecular complexity index is 680. The molecule has 8 nitrogen and oxygen atoms in total. The van der Waals surface area contributed by atoms with Crippen LogP contribution >= 0.6 is 0 Å². The van der Waals surface area contributed by atoms with Gasteiger partial charge in [0.15, 0.2) is 0 Å². The van der Waals surface area contributed by atoms with E-state index in [1.165, 1.54) is 6.07 Å². The van der Waals surface area contributed by atoms with Gasteiger partial charge in [-0.05, 0) is 19.1 Å². The van der Waals surface area contributed by atoms with Crippen molar-refractivity contribution in [2.75, 3.05) is 12.4 Å². The van der Waals surface area contributed by atoms with Crippen LogP contribution in [-0.4, -0.2) is 28.1 Å². The Morgan fingerprint density at radius 1 is 1.48 bits per heavy atom. The number of nitro groups is 1. The Kier molecular flexibility index (Phi) is 4.17. The van der Waals surface area contributed by atoms with Gasteiger partial charge in [0.05, 0.1) is 11.1 Å². The van der Waals surface area contributed by atoms with E-state index in [0.29, 0.717) is 5.69 Å². The minimum atomic E-state index is -0.566. The maximum absolute atomic E-state index is 12.2. The molecular formula is C13H15N5O3. The Labute approximate surface area is 120 Å². The van der Waals surface area contributed by atoms with E-state index in [1.807, 2.05) is 6.92 Å². The van der Waals surface area contributed by atoms with E-state index in [4.69, 9.17) is 0 Å². The number of aryl methyl sites for hydroxylation is 1. The number of carbonyl (C=O) groups is 1. The van der Waals surface area contributed by atoms with Crippen molar-refractivity contribution >= 4 is 17.3 Å². The molecule has 0 saturated heterocycles. The highest BCUT2D eigenvalue weighted by Gasteiger charge is 2.23. The third-order valence-corrected chi connectivity index (χ3v) is 3.11. The van der Waals surface area contributed by atoms with Crippen LogP contribution in [0.15, 0.2) is 24.4 Å². The maximum atomic E-state index is 12.2. The van der Waals surface area contributed by atoms with E-state index in [2.05, 4.69) is 20.8 Å². The number of benzene rings is 1. The van der Waals surface area contributed by atoms with Crippen LogP contribution in [0.3, 0.4) is 0 Å². The summed E-state index contributed by atoms with van der Waals surface area (Å²) in [5.41, 5.74) is 1.76. The van der Waals surface area contributed by atoms with Gasteiger partial charge in [-0.2, -0.15) is 5.10 Å². The van der Waals surface area contributed by atoms with Crippen molar-refractivity contribution in [1.29, 1.82) is 0 Å². The third kappa shape index (κ3) is 2.99. The molecule has 0 radical (unpaired) electrons. The first-order valence-electron chi connectivity index (χ1n) is 6.26. The second-order valence-corrected chi connectivity index (χ2v) is 4.41. The molecule has 1 aromatic carbocycles. The van der Waals surface area contributed by atoms with Gasteiger partial charge >= 0.3 is 5.69 Å². The van der Waals surface area contributed by atoms with E-state index >= 15 is 0 Å². The van der Waals surface area contributed by atoms with Crippen molar-refractivity contribution in [3.63, 3.8) is 0 Å². The zero-order chi connectivity index (χ0) is 15.4. The van der Waals surface area contributed by atoms with Crippen LogP contribution < -0.4 is 10.6 Å². The van der Waals surface area contributed by atoms with Crippen molar-refractivity contribution in [3.05, 3.63) is 51.3 Å². The number of carbonyl (C=O) groups excluding carboxylic acids is 1. The summed E-state index contributed by atoms with van der Waals surface area (Å²) in [6.07, 6.45) is 1.61. The highest BCUT2D eigenvalue weighted by Crippen LogP contribution is 2.28. The zero-order valence-electron chi connectivity index (χ0n) is 11.6. The molecule has 8 heteroatoms. The van der Waals surface area contributed by atoms with Gasteiger partial charge in [-0.15, -0.1) is 0 Å². The number of nitrogens with zero attached hydrogens (tertiary/aromatic N) is 2. The monoisotopic (exact) mass is 289 g/mol. The fraction of sp³-hybridized carbons (Fsp3) is 0.231. The Morgan fingerprint density at radius 3 is 2.81 bits per heavy atom. The predicted molar refractivity (Wildman–Crippen MR) is 77.1 cm³/mol. The lowest BCUT2D eigenvalue weighted by atomic mass is 10.1. The average molecular weight is 289 g/mol. The molecule has 0 aliphatic heterocycles. The normalized spacial score (nSPS) is 10.2. The molecule has 0 fully saturated rings. The molecule has 0 aliphatic rings. The number of rotatable bonds is 5. The summed E-state index contributed by atoms with van der Waals surface area (Å²) in [5, 5.41) is 23.1. The Hall–Kier alpha value is -2.90. The number of nitro benzene ring substituents is 1. The molecule has 1 aromatic heterocycles. The topological polar surface area (TPSA) is 113 Å². The third-order valence-electron chi connectivity index (χ3n) is 3.11. The van der Waals surface area contributed by atoms with Crippen LogP contribution in [0.1, 0.15) is 21.6 Å². The van der Waals surface area contributed by atoms with Gasteiger partial charge in [0.25, 0.3) is 5.91 Å². The van der Waals surface area contributed by atoms with Crippen molar-refractivity contribution < 1.29 is 9.72 Å². The first kappa shape index (κ1) is 14.5. The molecule has 1 amide bonds. The molecule has 1 heterocycles. The molecule has 0 bridgehead atoms. The molecule has 0 aliphatic carbocycles. The lowest BCUT2D eigenvalue weighted by molar-refractivity contribution is -0.384. The van der Waals surface area contributed by atoms with Gasteiger partial charge in [0.1, 0.15) is 11.3 Å². The second-order valence-electron chi connectivity index (χ2n) is 4.41. The minimum absolute atomic E-state index is 0.0213. The van der Waals surface area contributed by atoms with Gasteiger partial charge in [-0.1, -0.05) is 6.07 Å². The average Bonchev–Trinajstić information content (AvgIpc) is 2.89. The molecule has 0 atom stereocenters. The largest absolute Gasteiger partial charge is 0.383 e. The smallest absolute Gasteiger partial charge is 0.305 e. The van der Waals surface area contributed by atoms with E-state index in [9.17, 15) is 14.9 Å². The van der Waals surface area contributed by atoms with E-state index in [1.54, 1.807) is 25.4 Å². The van der Waals surface area contributed by atoms with Crippen LogP contribution in [0, 0.1) is 17.0 Å². The number of H-pyrrole nitrogens is 1. The summed E-state index contributed by atoms with van der Waals surface area (Å²) in [7, 11) is 1.57. The Morgan fingerprint density at radius 2 is 2.24 bits per heavy atom. The fourth-order valence-electron chi connectivity index (χ4n) is 1.95. The van der Waals surface area contributed by atoms with Crippen molar-refractivity contribution in [3.8, 4) is 0 Å². The first-order valence-corrected chi connectivity index (χ1v) is 6.26. The molecule has 0 unspecified atom stereocenters. The molecule has 3 N–H and O–H groups in total. The van der Waals surface area contributed by atoms with Crippen molar-refractivity contribution in [2.45, 2.75) is 13.5 Å². The molecule has 21 heavy (non-hydrogen) atoms. The standard InChI is InChI=1S/C13H15N5O3/c1-8-9(7-16-17-8)6-15-13(19)10-4-3-5-11(14-2)12(10)18(20)21/h3-5,7,14H,6H2,1-2H3,(H,15,19)(H,16,17). The maximum Gasteiger partial charge on any atom is 0.305 e. The number of nitrogens with one attached hydrogen (secondary N) is 3. The van der Waals surface area contributed by atoms with Gasteiger partial charge in [-0.25, -0.2) is 0 Å². The minimum Gasteiger partial charge on any atom is -0.383 e. The Balaban J connectivity index is 2.23. The summed E-state index contributed by atoms with van der Waals surface area (Å²) in [6, 6.07) is 4.57. The highest BCUT2D eigenvalue weighted by molar-refractivity contribution is 6.00. The lowest BCUT2D eigenvalue weighted by Crippen LogP contribution is -2.24. The number of amides is 1. The summed E-state index contributed by atoms with van der Waals surface area (Å²) >= 11 is 0. The first-order chi connectivity index (χ1) is 10.0. The van der Waals surface area contributed by atoms with E-state index in [-0.39, 0.29) is 17.8 Å². The summed E-state index contributed by atoms with van der Waals surface area (Å²) in [5.74, 6) is -0.501. The molecule has 2 aromatic rings. The van der Waals surface area contributed by atoms with Crippen molar-refractivity contribution in [2.24, 2.45) is 0 Å². The lowest BCUT2D eigenvalue weighted by Gasteiger charge is -2.08. The number of para-hydroxylation sites is 1. The highest BCUT2D eigenvalue weighted by atomic mass is 16.6. The number of hydrogen-bond donors (Lipinski definition) is 3. The number of aromatic amines is 1. The predicted octanol–water partition coefficient (Wildman–Crippen LogP) is 1.60. The molecular weight excluding hydrogens is 274 g/mol.